The number of carbonyl (C=O) groups is 2. The van der Waals surface area contributed by atoms with Gasteiger partial charge in [0.05, 0.1) is 17.0 Å². The third-order valence-corrected chi connectivity index (χ3v) is 3.76. The van der Waals surface area contributed by atoms with Gasteiger partial charge in [-0.3, -0.25) is 24.9 Å². The summed E-state index contributed by atoms with van der Waals surface area (Å²) in [4.78, 5) is 36.1. The average molecular weight is 327 g/mol. The molecule has 8 heteroatoms. The number of rotatable bonds is 4. The predicted molar refractivity (Wildman–Crippen MR) is 84.7 cm³/mol. The van der Waals surface area contributed by atoms with Crippen molar-refractivity contribution in [2.75, 3.05) is 9.96 Å². The molecule has 0 radical (unpaired) electrons. The Morgan fingerprint density at radius 2 is 1.71 bits per heavy atom. The van der Waals surface area contributed by atoms with E-state index in [0.29, 0.717) is 5.69 Å². The van der Waals surface area contributed by atoms with E-state index in [-0.39, 0.29) is 17.8 Å². The fraction of sp³-hybridized carbons (Fsp3) is 0.125. The normalized spacial score (nSPS) is 17.2. The van der Waals surface area contributed by atoms with Gasteiger partial charge < -0.3 is 0 Å². The van der Waals surface area contributed by atoms with Gasteiger partial charge in [-0.1, -0.05) is 30.3 Å². The van der Waals surface area contributed by atoms with Crippen LogP contribution >= 0.6 is 0 Å². The lowest BCUT2D eigenvalue weighted by Gasteiger charge is -2.22. The van der Waals surface area contributed by atoms with E-state index >= 15 is 0 Å². The second-order valence-corrected chi connectivity index (χ2v) is 5.21. The minimum absolute atomic E-state index is 0.0959. The fourth-order valence-electron chi connectivity index (χ4n) is 2.63. The lowest BCUT2D eigenvalue weighted by Crippen LogP contribution is -2.40. The number of imide groups is 1. The first-order valence-electron chi connectivity index (χ1n) is 7.14. The van der Waals surface area contributed by atoms with Gasteiger partial charge in [-0.05, 0) is 18.2 Å². The van der Waals surface area contributed by atoms with Crippen molar-refractivity contribution in [3.63, 3.8) is 0 Å². The molecule has 1 atom stereocenters. The van der Waals surface area contributed by atoms with Gasteiger partial charge >= 0.3 is 0 Å². The zero-order chi connectivity index (χ0) is 17.3. The van der Waals surface area contributed by atoms with Crippen LogP contribution in [0.4, 0.5) is 17.1 Å². The number of benzene rings is 2. The molecule has 1 fully saturated rings. The molecule has 122 valence electrons. The number of hydrogen-bond donors (Lipinski definition) is 1. The molecule has 1 heterocycles. The second kappa shape index (κ2) is 6.09. The number of carbonyl (C=O) groups excluding carboxylic acids is 2. The Morgan fingerprint density at radius 1 is 1.08 bits per heavy atom. The Bertz CT molecular complexity index is 808. The summed E-state index contributed by atoms with van der Waals surface area (Å²) in [5.74, 6) is -1.31. The number of anilines is 2. The van der Waals surface area contributed by atoms with Crippen molar-refractivity contribution in [2.45, 2.75) is 12.5 Å². The molecule has 0 spiro atoms. The maximum atomic E-state index is 12.6. The molecule has 2 amide bonds. The second-order valence-electron chi connectivity index (χ2n) is 5.21. The number of para-hydroxylation sites is 3. The van der Waals surface area contributed by atoms with Crippen LogP contribution in [0.2, 0.25) is 0 Å². The quantitative estimate of drug-likeness (QED) is 0.524. The molecule has 0 saturated carbocycles. The van der Waals surface area contributed by atoms with E-state index in [2.05, 4.69) is 0 Å². The SMILES string of the molecule is O=C1C[C@@H](N(O)c2ccccc2)C(=O)N1c1ccccc1[N+](=O)[O-]. The number of nitro groups is 1. The predicted octanol–water partition coefficient (Wildman–Crippen LogP) is 2.12. The van der Waals surface area contributed by atoms with Crippen molar-refractivity contribution in [1.29, 1.82) is 0 Å². The summed E-state index contributed by atoms with van der Waals surface area (Å²) in [6.07, 6.45) is -0.268. The topological polar surface area (TPSA) is 104 Å². The molecular formula is C16H13N3O5. The van der Waals surface area contributed by atoms with E-state index in [1.807, 2.05) is 0 Å². The van der Waals surface area contributed by atoms with Crippen molar-refractivity contribution >= 4 is 28.9 Å². The monoisotopic (exact) mass is 327 g/mol. The van der Waals surface area contributed by atoms with Crippen molar-refractivity contribution in [2.24, 2.45) is 0 Å². The Kier molecular flexibility index (Phi) is 3.97. The van der Waals surface area contributed by atoms with Crippen LogP contribution in [0.3, 0.4) is 0 Å². The van der Waals surface area contributed by atoms with Gasteiger partial charge in [0, 0.05) is 6.07 Å². The van der Waals surface area contributed by atoms with Gasteiger partial charge in [0.15, 0.2) is 0 Å². The average Bonchev–Trinajstić information content (AvgIpc) is 2.89. The molecule has 2 aromatic carbocycles. The van der Waals surface area contributed by atoms with Crippen molar-refractivity contribution in [3.05, 3.63) is 64.7 Å². The molecule has 1 aliphatic heterocycles. The summed E-state index contributed by atoms with van der Waals surface area (Å²) >= 11 is 0. The molecular weight excluding hydrogens is 314 g/mol. The van der Waals surface area contributed by atoms with Gasteiger partial charge in [-0.15, -0.1) is 0 Å². The first-order chi connectivity index (χ1) is 11.5. The van der Waals surface area contributed by atoms with Gasteiger partial charge in [-0.25, -0.2) is 9.96 Å². The van der Waals surface area contributed by atoms with Crippen LogP contribution in [0, 0.1) is 10.1 Å². The number of hydrogen-bond acceptors (Lipinski definition) is 6. The van der Waals surface area contributed by atoms with E-state index < -0.39 is 22.8 Å². The summed E-state index contributed by atoms with van der Waals surface area (Å²) in [5, 5.41) is 22.1. The molecule has 0 aliphatic carbocycles. The molecule has 3 rings (SSSR count). The van der Waals surface area contributed by atoms with E-state index in [1.165, 1.54) is 24.3 Å². The van der Waals surface area contributed by atoms with Crippen LogP contribution in [-0.4, -0.2) is 28.0 Å². The van der Waals surface area contributed by atoms with Crippen LogP contribution in [0.1, 0.15) is 6.42 Å². The van der Waals surface area contributed by atoms with E-state index in [1.54, 1.807) is 30.3 Å². The third-order valence-electron chi connectivity index (χ3n) is 3.76. The van der Waals surface area contributed by atoms with E-state index in [0.717, 1.165) is 9.96 Å². The minimum Gasteiger partial charge on any atom is -0.288 e. The highest BCUT2D eigenvalue weighted by Crippen LogP contribution is 2.33. The number of nitro benzene ring substituents is 1. The molecule has 0 bridgehead atoms. The van der Waals surface area contributed by atoms with Gasteiger partial charge in [-0.2, -0.15) is 0 Å². The Balaban J connectivity index is 1.95. The lowest BCUT2D eigenvalue weighted by atomic mass is 10.2. The van der Waals surface area contributed by atoms with Gasteiger partial charge in [0.1, 0.15) is 11.7 Å². The van der Waals surface area contributed by atoms with Crippen molar-refractivity contribution in [3.8, 4) is 0 Å². The van der Waals surface area contributed by atoms with Crippen molar-refractivity contribution < 1.29 is 19.7 Å². The molecule has 1 N–H and O–H groups in total. The summed E-state index contributed by atoms with van der Waals surface area (Å²) in [5.41, 5.74) is -0.0847. The first-order valence-corrected chi connectivity index (χ1v) is 7.14. The summed E-state index contributed by atoms with van der Waals surface area (Å²) in [6.45, 7) is 0. The standard InChI is InChI=1S/C16H13N3O5/c20-15-10-14(18(22)11-6-2-1-3-7-11)16(21)17(15)12-8-4-5-9-13(12)19(23)24/h1-9,14,22H,10H2/t14-/m1/s1. The van der Waals surface area contributed by atoms with Gasteiger partial charge in [0.2, 0.25) is 5.91 Å². The summed E-state index contributed by atoms with van der Waals surface area (Å²) < 4.78 is 0. The van der Waals surface area contributed by atoms with Crippen LogP contribution in [0.25, 0.3) is 0 Å². The zero-order valence-electron chi connectivity index (χ0n) is 12.4. The molecule has 0 aromatic heterocycles. The van der Waals surface area contributed by atoms with E-state index in [9.17, 15) is 24.9 Å². The molecule has 1 saturated heterocycles. The van der Waals surface area contributed by atoms with Crippen LogP contribution < -0.4 is 9.96 Å². The third kappa shape index (κ3) is 2.59. The minimum atomic E-state index is -1.13. The maximum Gasteiger partial charge on any atom is 0.293 e. The number of nitrogens with zero attached hydrogens (tertiary/aromatic N) is 3. The maximum absolute atomic E-state index is 12.6. The molecule has 1 aliphatic rings. The van der Waals surface area contributed by atoms with Crippen LogP contribution in [0.5, 0.6) is 0 Å². The molecule has 0 unspecified atom stereocenters. The van der Waals surface area contributed by atoms with Crippen LogP contribution in [-0.2, 0) is 9.59 Å². The Labute approximate surface area is 136 Å². The highest BCUT2D eigenvalue weighted by atomic mass is 16.6. The largest absolute Gasteiger partial charge is 0.293 e. The number of amides is 2. The summed E-state index contributed by atoms with van der Waals surface area (Å²) in [7, 11) is 0. The van der Waals surface area contributed by atoms with Gasteiger partial charge in [0.25, 0.3) is 11.6 Å². The molecule has 2 aromatic rings. The van der Waals surface area contributed by atoms with Crippen LogP contribution in [0.15, 0.2) is 54.6 Å². The Morgan fingerprint density at radius 3 is 2.38 bits per heavy atom. The smallest absolute Gasteiger partial charge is 0.288 e. The number of hydroxylamine groups is 1. The fourth-order valence-corrected chi connectivity index (χ4v) is 2.63. The summed E-state index contributed by atoms with van der Waals surface area (Å²) in [6, 6.07) is 12.7. The Hall–Kier alpha value is -3.26. The molecule has 24 heavy (non-hydrogen) atoms. The van der Waals surface area contributed by atoms with E-state index in [4.69, 9.17) is 0 Å². The highest BCUT2D eigenvalue weighted by Gasteiger charge is 2.45. The zero-order valence-corrected chi connectivity index (χ0v) is 12.4. The van der Waals surface area contributed by atoms with Crippen molar-refractivity contribution in [1.82, 2.24) is 0 Å². The first kappa shape index (κ1) is 15.6. The lowest BCUT2D eigenvalue weighted by molar-refractivity contribution is -0.384. The molecule has 8 nitrogen and oxygen atoms in total. The highest BCUT2D eigenvalue weighted by molar-refractivity contribution is 6.24.